The van der Waals surface area contributed by atoms with Gasteiger partial charge in [0.05, 0.1) is 24.3 Å². The van der Waals surface area contributed by atoms with Crippen LogP contribution in [0.1, 0.15) is 25.1 Å². The van der Waals surface area contributed by atoms with Gasteiger partial charge in [0.2, 0.25) is 11.8 Å². The molecular weight excluding hydrogens is 362 g/mol. The highest BCUT2D eigenvalue weighted by molar-refractivity contribution is 7.16. The van der Waals surface area contributed by atoms with Gasteiger partial charge in [-0.2, -0.15) is 0 Å². The quantitative estimate of drug-likeness (QED) is 0.792. The fourth-order valence-electron chi connectivity index (χ4n) is 3.34. The van der Waals surface area contributed by atoms with Crippen molar-refractivity contribution in [1.82, 2.24) is 9.88 Å². The van der Waals surface area contributed by atoms with Gasteiger partial charge in [0.1, 0.15) is 0 Å². The number of methoxy groups -OCH3 is 1. The molecule has 1 fully saturated rings. The standard InChI is InChI=1S/C20H25N3O3S/c1-4-16-18(14-8-6-5-7-9-14)21-20(27-16)22-19(25)15-10-17(24)23(11-15)13(2)12-26-3/h5-9,13,15H,4,10-12H2,1-3H3,(H,21,22,25)/t13-,15-/m1/s1. The Morgan fingerprint density at radius 2 is 2.15 bits per heavy atom. The van der Waals surface area contributed by atoms with Crippen LogP contribution in [-0.4, -0.2) is 48.0 Å². The number of nitrogens with one attached hydrogen (secondary N) is 1. The first-order valence-electron chi connectivity index (χ1n) is 9.17. The van der Waals surface area contributed by atoms with E-state index in [9.17, 15) is 9.59 Å². The van der Waals surface area contributed by atoms with E-state index in [1.54, 1.807) is 12.0 Å². The first kappa shape index (κ1) is 19.5. The minimum absolute atomic E-state index is 0.00180. The molecule has 2 aromatic rings. The van der Waals surface area contributed by atoms with Crippen molar-refractivity contribution in [2.75, 3.05) is 25.6 Å². The number of carbonyl (C=O) groups excluding carboxylic acids is 2. The number of aryl methyl sites for hydroxylation is 1. The fourth-order valence-corrected chi connectivity index (χ4v) is 4.26. The Labute approximate surface area is 163 Å². The third-order valence-electron chi connectivity index (χ3n) is 4.76. The van der Waals surface area contributed by atoms with E-state index in [2.05, 4.69) is 17.2 Å². The molecule has 2 heterocycles. The smallest absolute Gasteiger partial charge is 0.231 e. The van der Waals surface area contributed by atoms with E-state index in [4.69, 9.17) is 4.74 Å². The maximum Gasteiger partial charge on any atom is 0.231 e. The van der Waals surface area contributed by atoms with Crippen LogP contribution in [0.2, 0.25) is 0 Å². The summed E-state index contributed by atoms with van der Waals surface area (Å²) < 4.78 is 5.12. The summed E-state index contributed by atoms with van der Waals surface area (Å²) in [4.78, 5) is 32.4. The maximum absolute atomic E-state index is 12.7. The Balaban J connectivity index is 1.70. The summed E-state index contributed by atoms with van der Waals surface area (Å²) in [7, 11) is 1.61. The lowest BCUT2D eigenvalue weighted by Crippen LogP contribution is -2.38. The molecule has 0 saturated carbocycles. The Morgan fingerprint density at radius 1 is 1.41 bits per heavy atom. The summed E-state index contributed by atoms with van der Waals surface area (Å²) in [6.45, 7) is 4.90. The molecule has 2 amide bonds. The van der Waals surface area contributed by atoms with Crippen molar-refractivity contribution in [1.29, 1.82) is 0 Å². The molecule has 1 aromatic carbocycles. The molecule has 27 heavy (non-hydrogen) atoms. The van der Waals surface area contributed by atoms with E-state index in [0.717, 1.165) is 22.6 Å². The molecule has 0 aliphatic carbocycles. The summed E-state index contributed by atoms with van der Waals surface area (Å²) in [5, 5.41) is 3.51. The molecule has 7 heteroatoms. The molecule has 1 aromatic heterocycles. The first-order chi connectivity index (χ1) is 13.0. The number of likely N-dealkylation sites (tertiary alicyclic amines) is 1. The molecule has 0 radical (unpaired) electrons. The summed E-state index contributed by atoms with van der Waals surface area (Å²) in [6, 6.07) is 9.93. The lowest BCUT2D eigenvalue weighted by molar-refractivity contribution is -0.130. The average Bonchev–Trinajstić information content (AvgIpc) is 3.26. The number of nitrogens with zero attached hydrogens (tertiary/aromatic N) is 2. The van der Waals surface area contributed by atoms with Gasteiger partial charge in [-0.05, 0) is 13.3 Å². The largest absolute Gasteiger partial charge is 0.383 e. The van der Waals surface area contributed by atoms with Gasteiger partial charge >= 0.3 is 0 Å². The average molecular weight is 388 g/mol. The third kappa shape index (κ3) is 4.36. The fraction of sp³-hybridized carbons (Fsp3) is 0.450. The van der Waals surface area contributed by atoms with Gasteiger partial charge in [0.15, 0.2) is 5.13 Å². The minimum atomic E-state index is -0.356. The molecule has 6 nitrogen and oxygen atoms in total. The lowest BCUT2D eigenvalue weighted by atomic mass is 10.1. The minimum Gasteiger partial charge on any atom is -0.383 e. The van der Waals surface area contributed by atoms with Crippen LogP contribution in [-0.2, 0) is 20.7 Å². The number of hydrogen-bond acceptors (Lipinski definition) is 5. The van der Waals surface area contributed by atoms with E-state index in [1.165, 1.54) is 11.3 Å². The number of amides is 2. The topological polar surface area (TPSA) is 71.5 Å². The van der Waals surface area contributed by atoms with Crippen molar-refractivity contribution < 1.29 is 14.3 Å². The van der Waals surface area contributed by atoms with Crippen LogP contribution in [0.25, 0.3) is 11.3 Å². The Hall–Kier alpha value is -2.25. The second kappa shape index (κ2) is 8.63. The van der Waals surface area contributed by atoms with Gasteiger partial charge in [0, 0.05) is 30.5 Å². The van der Waals surface area contributed by atoms with E-state index < -0.39 is 0 Å². The predicted octanol–water partition coefficient (Wildman–Crippen LogP) is 3.19. The summed E-state index contributed by atoms with van der Waals surface area (Å²) in [5.74, 6) is -0.504. The third-order valence-corrected chi connectivity index (χ3v) is 5.88. The summed E-state index contributed by atoms with van der Waals surface area (Å²) >= 11 is 1.50. The van der Waals surface area contributed by atoms with Crippen LogP contribution >= 0.6 is 11.3 Å². The van der Waals surface area contributed by atoms with Crippen LogP contribution in [0.3, 0.4) is 0 Å². The van der Waals surface area contributed by atoms with Crippen LogP contribution in [0.15, 0.2) is 30.3 Å². The van der Waals surface area contributed by atoms with Gasteiger partial charge in [-0.3, -0.25) is 9.59 Å². The number of aromatic nitrogens is 1. The first-order valence-corrected chi connectivity index (χ1v) is 9.99. The molecule has 0 spiro atoms. The number of carbonyl (C=O) groups is 2. The lowest BCUT2D eigenvalue weighted by Gasteiger charge is -2.23. The van der Waals surface area contributed by atoms with Gasteiger partial charge < -0.3 is 15.0 Å². The molecule has 3 rings (SSSR count). The molecule has 2 atom stereocenters. The number of anilines is 1. The van der Waals surface area contributed by atoms with E-state index in [-0.39, 0.29) is 30.2 Å². The van der Waals surface area contributed by atoms with E-state index in [1.807, 2.05) is 37.3 Å². The Kier molecular flexibility index (Phi) is 6.23. The predicted molar refractivity (Wildman–Crippen MR) is 107 cm³/mol. The van der Waals surface area contributed by atoms with E-state index in [0.29, 0.717) is 18.3 Å². The number of thiazole rings is 1. The summed E-state index contributed by atoms with van der Waals surface area (Å²) in [5.41, 5.74) is 1.96. The van der Waals surface area contributed by atoms with Crippen molar-refractivity contribution in [2.24, 2.45) is 5.92 Å². The zero-order valence-corrected chi connectivity index (χ0v) is 16.7. The summed E-state index contributed by atoms with van der Waals surface area (Å²) in [6.07, 6.45) is 1.08. The molecule has 1 aliphatic heterocycles. The van der Waals surface area contributed by atoms with Crippen LogP contribution in [0.5, 0.6) is 0 Å². The van der Waals surface area contributed by atoms with Gasteiger partial charge in [0.25, 0.3) is 0 Å². The zero-order chi connectivity index (χ0) is 19.4. The SMILES string of the molecule is CCc1sc(NC(=O)[C@@H]2CC(=O)N([C@H](C)COC)C2)nc1-c1ccccc1. The Bertz CT molecular complexity index is 806. The molecule has 144 valence electrons. The van der Waals surface area contributed by atoms with Crippen molar-refractivity contribution in [3.63, 3.8) is 0 Å². The highest BCUT2D eigenvalue weighted by atomic mass is 32.1. The zero-order valence-electron chi connectivity index (χ0n) is 15.9. The van der Waals surface area contributed by atoms with Crippen molar-refractivity contribution >= 4 is 28.3 Å². The highest BCUT2D eigenvalue weighted by Gasteiger charge is 2.36. The number of ether oxygens (including phenoxy) is 1. The van der Waals surface area contributed by atoms with Crippen molar-refractivity contribution in [2.45, 2.75) is 32.7 Å². The Morgan fingerprint density at radius 3 is 2.81 bits per heavy atom. The molecular formula is C20H25N3O3S. The molecule has 0 unspecified atom stereocenters. The molecule has 1 N–H and O–H groups in total. The van der Waals surface area contributed by atoms with Crippen LogP contribution in [0.4, 0.5) is 5.13 Å². The monoisotopic (exact) mass is 387 g/mol. The number of benzene rings is 1. The van der Waals surface area contributed by atoms with E-state index >= 15 is 0 Å². The van der Waals surface area contributed by atoms with Gasteiger partial charge in [-0.25, -0.2) is 4.98 Å². The van der Waals surface area contributed by atoms with Crippen molar-refractivity contribution in [3.8, 4) is 11.3 Å². The van der Waals surface area contributed by atoms with Crippen LogP contribution < -0.4 is 5.32 Å². The van der Waals surface area contributed by atoms with Crippen molar-refractivity contribution in [3.05, 3.63) is 35.2 Å². The molecule has 0 bridgehead atoms. The maximum atomic E-state index is 12.7. The van der Waals surface area contributed by atoms with Gasteiger partial charge in [-0.1, -0.05) is 37.3 Å². The molecule has 1 saturated heterocycles. The van der Waals surface area contributed by atoms with Crippen LogP contribution in [0, 0.1) is 5.92 Å². The second-order valence-electron chi connectivity index (χ2n) is 6.75. The number of hydrogen-bond donors (Lipinski definition) is 1. The second-order valence-corrected chi connectivity index (χ2v) is 7.83. The normalized spacial score (nSPS) is 18.0. The number of rotatable bonds is 7. The van der Waals surface area contributed by atoms with Gasteiger partial charge in [-0.15, -0.1) is 11.3 Å². The molecule has 1 aliphatic rings. The highest BCUT2D eigenvalue weighted by Crippen LogP contribution is 2.32.